The van der Waals surface area contributed by atoms with Gasteiger partial charge < -0.3 is 10.1 Å². The van der Waals surface area contributed by atoms with Gasteiger partial charge in [0.2, 0.25) is 5.88 Å². The summed E-state index contributed by atoms with van der Waals surface area (Å²) >= 11 is 0. The van der Waals surface area contributed by atoms with Gasteiger partial charge in [0.15, 0.2) is 0 Å². The van der Waals surface area contributed by atoms with Gasteiger partial charge in [-0.2, -0.15) is 19.7 Å². The summed E-state index contributed by atoms with van der Waals surface area (Å²) in [6, 6.07) is 18.3. The molecule has 6 nitrogen and oxygen atoms in total. The predicted molar refractivity (Wildman–Crippen MR) is 99.6 cm³/mol. The molecule has 0 atom stereocenters. The minimum Gasteiger partial charge on any atom is -0.477 e. The zero-order chi connectivity index (χ0) is 17.3. The van der Waals surface area contributed by atoms with Crippen LogP contribution in [0, 0.1) is 0 Å². The summed E-state index contributed by atoms with van der Waals surface area (Å²) in [6.45, 7) is 1.33. The Morgan fingerprint density at radius 2 is 1.85 bits per heavy atom. The first-order valence-corrected chi connectivity index (χ1v) is 8.63. The van der Waals surface area contributed by atoms with Crippen molar-refractivity contribution in [3.63, 3.8) is 0 Å². The number of para-hydroxylation sites is 1. The van der Waals surface area contributed by atoms with Crippen molar-refractivity contribution in [3.05, 3.63) is 71.9 Å². The van der Waals surface area contributed by atoms with E-state index in [2.05, 4.69) is 27.5 Å². The van der Waals surface area contributed by atoms with Gasteiger partial charge >= 0.3 is 0 Å². The van der Waals surface area contributed by atoms with E-state index < -0.39 is 0 Å². The highest BCUT2D eigenvalue weighted by Crippen LogP contribution is 2.30. The normalized spacial score (nSPS) is 12.8. The van der Waals surface area contributed by atoms with Crippen molar-refractivity contribution in [1.82, 2.24) is 19.7 Å². The summed E-state index contributed by atoms with van der Waals surface area (Å²) in [5.74, 6) is 1.97. The van der Waals surface area contributed by atoms with Gasteiger partial charge in [-0.1, -0.05) is 48.5 Å². The molecule has 0 fully saturated rings. The van der Waals surface area contributed by atoms with Gasteiger partial charge in [-0.15, -0.1) is 0 Å². The van der Waals surface area contributed by atoms with Crippen LogP contribution in [0.1, 0.15) is 11.1 Å². The lowest BCUT2D eigenvalue weighted by atomic mass is 10.2. The molecule has 4 aromatic rings. The largest absolute Gasteiger partial charge is 0.477 e. The summed E-state index contributed by atoms with van der Waals surface area (Å²) < 4.78 is 7.46. The summed E-state index contributed by atoms with van der Waals surface area (Å²) in [6.07, 6.45) is 2.64. The van der Waals surface area contributed by atoms with Crippen LogP contribution in [-0.2, 0) is 13.0 Å². The minimum absolute atomic E-state index is 0.516. The number of hydrogen-bond donors (Lipinski definition) is 1. The molecule has 1 N–H and O–H groups in total. The average molecular weight is 343 g/mol. The topological polar surface area (TPSA) is 64.9 Å². The molecule has 3 heterocycles. The van der Waals surface area contributed by atoms with E-state index in [4.69, 9.17) is 9.72 Å². The molecular formula is C20H17N5O. The number of nitrogens with one attached hydrogen (secondary N) is 1. The van der Waals surface area contributed by atoms with E-state index in [-0.39, 0.29) is 0 Å². The van der Waals surface area contributed by atoms with Crippen LogP contribution in [0.25, 0.3) is 16.9 Å². The standard InChI is InChI=1S/C20H17N5O/c1-2-6-14(7-3-1)12-21-18-16-10-11-26-19(16)24-20(23-18)25-17-9-5-4-8-15(17)13-22-25/h1-9,13H,10-12H2,(H,21,23,24). The number of rotatable bonds is 4. The molecule has 0 aliphatic carbocycles. The monoisotopic (exact) mass is 343 g/mol. The summed E-state index contributed by atoms with van der Waals surface area (Å²) in [5, 5.41) is 8.95. The van der Waals surface area contributed by atoms with Gasteiger partial charge in [0, 0.05) is 18.4 Å². The third-order valence-corrected chi connectivity index (χ3v) is 4.52. The maximum absolute atomic E-state index is 5.71. The number of hydrogen-bond acceptors (Lipinski definition) is 5. The Morgan fingerprint density at radius 3 is 2.77 bits per heavy atom. The van der Waals surface area contributed by atoms with Gasteiger partial charge in [-0.3, -0.25) is 0 Å². The second-order valence-corrected chi connectivity index (χ2v) is 6.21. The highest BCUT2D eigenvalue weighted by molar-refractivity contribution is 5.79. The average Bonchev–Trinajstić information content (AvgIpc) is 3.33. The molecule has 0 bridgehead atoms. The molecule has 0 spiro atoms. The Morgan fingerprint density at radius 1 is 1.00 bits per heavy atom. The lowest BCUT2D eigenvalue weighted by Gasteiger charge is -2.11. The van der Waals surface area contributed by atoms with E-state index >= 15 is 0 Å². The van der Waals surface area contributed by atoms with Crippen LogP contribution in [0.15, 0.2) is 60.8 Å². The highest BCUT2D eigenvalue weighted by Gasteiger charge is 2.22. The number of fused-ring (bicyclic) bond motifs is 2. The molecule has 0 saturated carbocycles. The Hall–Kier alpha value is -3.41. The lowest BCUT2D eigenvalue weighted by molar-refractivity contribution is 0.344. The minimum atomic E-state index is 0.516. The summed E-state index contributed by atoms with van der Waals surface area (Å²) in [5.41, 5.74) is 3.20. The van der Waals surface area contributed by atoms with Crippen LogP contribution in [-0.4, -0.2) is 26.4 Å². The van der Waals surface area contributed by atoms with E-state index in [0.717, 1.165) is 28.7 Å². The Kier molecular flexibility index (Phi) is 3.52. The van der Waals surface area contributed by atoms with E-state index in [1.807, 2.05) is 48.7 Å². The molecular weight excluding hydrogens is 326 g/mol. The third kappa shape index (κ3) is 2.56. The smallest absolute Gasteiger partial charge is 0.256 e. The second-order valence-electron chi connectivity index (χ2n) is 6.21. The zero-order valence-electron chi connectivity index (χ0n) is 14.1. The summed E-state index contributed by atoms with van der Waals surface area (Å²) in [4.78, 5) is 9.34. The maximum atomic E-state index is 5.71. The molecule has 2 aromatic carbocycles. The molecule has 0 unspecified atom stereocenters. The number of aromatic nitrogens is 4. The maximum Gasteiger partial charge on any atom is 0.256 e. The molecule has 1 aliphatic heterocycles. The predicted octanol–water partition coefficient (Wildman–Crippen LogP) is 3.36. The van der Waals surface area contributed by atoms with E-state index in [1.54, 1.807) is 4.68 Å². The van der Waals surface area contributed by atoms with Gasteiger partial charge in [-0.05, 0) is 11.6 Å². The van der Waals surface area contributed by atoms with Crippen molar-refractivity contribution in [1.29, 1.82) is 0 Å². The molecule has 0 saturated heterocycles. The van der Waals surface area contributed by atoms with Crippen molar-refractivity contribution >= 4 is 16.7 Å². The third-order valence-electron chi connectivity index (χ3n) is 4.52. The van der Waals surface area contributed by atoms with Gasteiger partial charge in [0.1, 0.15) is 5.82 Å². The van der Waals surface area contributed by atoms with Gasteiger partial charge in [0.25, 0.3) is 5.95 Å². The van der Waals surface area contributed by atoms with Crippen LogP contribution in [0.4, 0.5) is 5.82 Å². The Labute approximate surface area is 150 Å². The molecule has 5 rings (SSSR count). The van der Waals surface area contributed by atoms with Crippen molar-refractivity contribution in [3.8, 4) is 11.8 Å². The Bertz CT molecular complexity index is 1070. The number of nitrogens with zero attached hydrogens (tertiary/aromatic N) is 4. The van der Waals surface area contributed by atoms with Gasteiger partial charge in [0.05, 0.1) is 23.9 Å². The van der Waals surface area contributed by atoms with Crippen molar-refractivity contribution in [2.75, 3.05) is 11.9 Å². The fourth-order valence-electron chi connectivity index (χ4n) is 3.20. The molecule has 6 heteroatoms. The van der Waals surface area contributed by atoms with Gasteiger partial charge in [-0.25, -0.2) is 0 Å². The van der Waals surface area contributed by atoms with Crippen LogP contribution < -0.4 is 10.1 Å². The van der Waals surface area contributed by atoms with E-state index in [1.165, 1.54) is 5.56 Å². The van der Waals surface area contributed by atoms with Crippen LogP contribution in [0.3, 0.4) is 0 Å². The fraction of sp³-hybridized carbons (Fsp3) is 0.150. The second kappa shape index (κ2) is 6.15. The molecule has 0 radical (unpaired) electrons. The number of ether oxygens (including phenoxy) is 1. The molecule has 0 amide bonds. The highest BCUT2D eigenvalue weighted by atomic mass is 16.5. The first-order valence-electron chi connectivity index (χ1n) is 8.63. The number of benzene rings is 2. The summed E-state index contributed by atoms with van der Waals surface area (Å²) in [7, 11) is 0. The SMILES string of the molecule is c1ccc(CNc2nc(-n3ncc4ccccc43)nc3c2CCO3)cc1. The molecule has 26 heavy (non-hydrogen) atoms. The van der Waals surface area contributed by atoms with Crippen LogP contribution in [0.5, 0.6) is 5.88 Å². The van der Waals surface area contributed by atoms with Crippen LogP contribution in [0.2, 0.25) is 0 Å². The fourth-order valence-corrected chi connectivity index (χ4v) is 3.20. The number of anilines is 1. The molecule has 2 aromatic heterocycles. The Balaban J connectivity index is 1.55. The first kappa shape index (κ1) is 14.9. The quantitative estimate of drug-likeness (QED) is 0.615. The zero-order valence-corrected chi connectivity index (χ0v) is 14.1. The molecule has 128 valence electrons. The van der Waals surface area contributed by atoms with Crippen molar-refractivity contribution in [2.45, 2.75) is 13.0 Å². The first-order chi connectivity index (χ1) is 12.9. The lowest BCUT2D eigenvalue weighted by Crippen LogP contribution is -2.09. The van der Waals surface area contributed by atoms with E-state index in [9.17, 15) is 0 Å². The van der Waals surface area contributed by atoms with Crippen LogP contribution >= 0.6 is 0 Å². The van der Waals surface area contributed by atoms with E-state index in [0.29, 0.717) is 25.0 Å². The van der Waals surface area contributed by atoms with Crippen molar-refractivity contribution in [2.24, 2.45) is 0 Å². The van der Waals surface area contributed by atoms with Crippen molar-refractivity contribution < 1.29 is 4.74 Å². The molecule has 1 aliphatic rings.